The van der Waals surface area contributed by atoms with Gasteiger partial charge in [-0.1, -0.05) is 31.2 Å². The standard InChI is InChI=1S/C16H17NO3S/c1-11-10-20-14-7-3-2-6-13(14)16(11,15(18)19)17-9-12-5-4-8-21-12/h2-8,11,17H,9-10H2,1H3,(H,18,19). The van der Waals surface area contributed by atoms with Crippen LogP contribution in [0, 0.1) is 5.92 Å². The summed E-state index contributed by atoms with van der Waals surface area (Å²) in [6.07, 6.45) is 0. The van der Waals surface area contributed by atoms with Gasteiger partial charge in [-0.3, -0.25) is 5.32 Å². The minimum absolute atomic E-state index is 0.162. The third kappa shape index (κ3) is 2.32. The summed E-state index contributed by atoms with van der Waals surface area (Å²) in [5.74, 6) is -0.371. The minimum atomic E-state index is -1.11. The summed E-state index contributed by atoms with van der Waals surface area (Å²) < 4.78 is 5.68. The van der Waals surface area contributed by atoms with E-state index in [0.717, 1.165) is 4.88 Å². The van der Waals surface area contributed by atoms with Crippen molar-refractivity contribution in [2.45, 2.75) is 19.0 Å². The lowest BCUT2D eigenvalue weighted by Gasteiger charge is -2.41. The van der Waals surface area contributed by atoms with E-state index in [2.05, 4.69) is 5.32 Å². The topological polar surface area (TPSA) is 58.6 Å². The van der Waals surface area contributed by atoms with Gasteiger partial charge in [-0.15, -0.1) is 11.3 Å². The average Bonchev–Trinajstić information content (AvgIpc) is 2.99. The molecule has 2 atom stereocenters. The van der Waals surface area contributed by atoms with Crippen molar-refractivity contribution in [2.75, 3.05) is 6.61 Å². The number of rotatable bonds is 4. The third-order valence-electron chi connectivity index (χ3n) is 4.00. The van der Waals surface area contributed by atoms with Crippen molar-refractivity contribution < 1.29 is 14.6 Å². The highest BCUT2D eigenvalue weighted by molar-refractivity contribution is 7.09. The number of carboxylic acids is 1. The highest BCUT2D eigenvalue weighted by atomic mass is 32.1. The fourth-order valence-electron chi connectivity index (χ4n) is 2.83. The molecule has 1 aromatic carbocycles. The van der Waals surface area contributed by atoms with Gasteiger partial charge in [-0.2, -0.15) is 0 Å². The van der Waals surface area contributed by atoms with Gasteiger partial charge >= 0.3 is 5.97 Å². The van der Waals surface area contributed by atoms with Gasteiger partial charge < -0.3 is 9.84 Å². The molecular formula is C16H17NO3S. The largest absolute Gasteiger partial charge is 0.493 e. The first kappa shape index (κ1) is 14.1. The molecule has 0 bridgehead atoms. The zero-order valence-corrected chi connectivity index (χ0v) is 12.5. The number of thiophene rings is 1. The molecule has 3 rings (SSSR count). The maximum Gasteiger partial charge on any atom is 0.329 e. The summed E-state index contributed by atoms with van der Waals surface area (Å²) in [7, 11) is 0. The minimum Gasteiger partial charge on any atom is -0.493 e. The molecule has 21 heavy (non-hydrogen) atoms. The van der Waals surface area contributed by atoms with Crippen LogP contribution in [-0.4, -0.2) is 17.7 Å². The van der Waals surface area contributed by atoms with Crippen molar-refractivity contribution in [1.29, 1.82) is 0 Å². The first-order chi connectivity index (χ1) is 10.1. The quantitative estimate of drug-likeness (QED) is 0.912. The predicted octanol–water partition coefficient (Wildman–Crippen LogP) is 2.85. The second-order valence-corrected chi connectivity index (χ2v) is 6.29. The molecule has 0 amide bonds. The monoisotopic (exact) mass is 303 g/mol. The predicted molar refractivity (Wildman–Crippen MR) is 81.6 cm³/mol. The fourth-order valence-corrected chi connectivity index (χ4v) is 3.48. The second-order valence-electron chi connectivity index (χ2n) is 5.25. The number of aliphatic carboxylic acids is 1. The molecule has 2 unspecified atom stereocenters. The molecule has 1 aliphatic heterocycles. The molecule has 110 valence electrons. The van der Waals surface area contributed by atoms with E-state index in [1.165, 1.54) is 0 Å². The molecule has 4 nitrogen and oxygen atoms in total. The Balaban J connectivity index is 2.01. The lowest BCUT2D eigenvalue weighted by molar-refractivity contribution is -0.149. The molecule has 1 aliphatic rings. The third-order valence-corrected chi connectivity index (χ3v) is 4.88. The SMILES string of the molecule is CC1COc2ccccc2C1(NCc1cccs1)C(=O)O. The van der Waals surface area contributed by atoms with Gasteiger partial charge in [0.25, 0.3) is 0 Å². The van der Waals surface area contributed by atoms with Gasteiger partial charge in [0.2, 0.25) is 0 Å². The average molecular weight is 303 g/mol. The van der Waals surface area contributed by atoms with E-state index < -0.39 is 11.5 Å². The Labute approximate surface area is 127 Å². The molecule has 5 heteroatoms. The number of fused-ring (bicyclic) bond motifs is 1. The Bertz CT molecular complexity index is 641. The first-order valence-corrected chi connectivity index (χ1v) is 7.75. The molecule has 0 aliphatic carbocycles. The number of carboxylic acid groups (broad SMARTS) is 1. The molecule has 0 saturated carbocycles. The van der Waals surface area contributed by atoms with Crippen LogP contribution in [0.25, 0.3) is 0 Å². The number of benzene rings is 1. The first-order valence-electron chi connectivity index (χ1n) is 6.87. The van der Waals surface area contributed by atoms with Crippen LogP contribution < -0.4 is 10.1 Å². The van der Waals surface area contributed by atoms with Gasteiger partial charge in [0.05, 0.1) is 6.61 Å². The lowest BCUT2D eigenvalue weighted by Crippen LogP contribution is -2.57. The fraction of sp³-hybridized carbons (Fsp3) is 0.312. The van der Waals surface area contributed by atoms with E-state index in [9.17, 15) is 9.90 Å². The van der Waals surface area contributed by atoms with Crippen molar-refractivity contribution in [3.63, 3.8) is 0 Å². The van der Waals surface area contributed by atoms with Gasteiger partial charge in [0.15, 0.2) is 5.54 Å². The summed E-state index contributed by atoms with van der Waals surface area (Å²) in [4.78, 5) is 13.2. The maximum absolute atomic E-state index is 12.1. The number of carbonyl (C=O) groups is 1. The Morgan fingerprint density at radius 1 is 1.43 bits per heavy atom. The van der Waals surface area contributed by atoms with Gasteiger partial charge in [-0.05, 0) is 17.5 Å². The molecule has 0 radical (unpaired) electrons. The second kappa shape index (κ2) is 5.50. The number of hydrogen-bond acceptors (Lipinski definition) is 4. The molecule has 0 saturated heterocycles. The maximum atomic E-state index is 12.1. The van der Waals surface area contributed by atoms with Crippen molar-refractivity contribution in [3.8, 4) is 5.75 Å². The normalized spacial score (nSPS) is 24.1. The number of nitrogens with one attached hydrogen (secondary N) is 1. The zero-order chi connectivity index (χ0) is 14.9. The smallest absolute Gasteiger partial charge is 0.329 e. The van der Waals surface area contributed by atoms with Crippen LogP contribution in [0.4, 0.5) is 0 Å². The zero-order valence-electron chi connectivity index (χ0n) is 11.7. The Kier molecular flexibility index (Phi) is 3.69. The van der Waals surface area contributed by atoms with Crippen LogP contribution in [0.3, 0.4) is 0 Å². The number of ether oxygens (including phenoxy) is 1. The van der Waals surface area contributed by atoms with E-state index in [4.69, 9.17) is 4.74 Å². The molecule has 1 aromatic heterocycles. The van der Waals surface area contributed by atoms with E-state index >= 15 is 0 Å². The van der Waals surface area contributed by atoms with Gasteiger partial charge in [0, 0.05) is 22.9 Å². The number of hydrogen-bond donors (Lipinski definition) is 2. The van der Waals surface area contributed by atoms with E-state index in [1.54, 1.807) is 11.3 Å². The number of para-hydroxylation sites is 1. The molecular weight excluding hydrogens is 286 g/mol. The Morgan fingerprint density at radius 3 is 2.95 bits per heavy atom. The molecule has 2 heterocycles. The van der Waals surface area contributed by atoms with Crippen LogP contribution in [0.15, 0.2) is 41.8 Å². The van der Waals surface area contributed by atoms with Gasteiger partial charge in [0.1, 0.15) is 5.75 Å². The summed E-state index contributed by atoms with van der Waals surface area (Å²) in [5, 5.41) is 15.2. The van der Waals surface area contributed by atoms with E-state index in [0.29, 0.717) is 24.5 Å². The molecule has 0 spiro atoms. The van der Waals surface area contributed by atoms with Crippen LogP contribution in [0.1, 0.15) is 17.4 Å². The summed E-state index contributed by atoms with van der Waals surface area (Å²) >= 11 is 1.62. The Hall–Kier alpha value is -1.85. The van der Waals surface area contributed by atoms with Gasteiger partial charge in [-0.25, -0.2) is 4.79 Å². The van der Waals surface area contributed by atoms with Crippen LogP contribution in [0.2, 0.25) is 0 Å². The van der Waals surface area contributed by atoms with Crippen LogP contribution in [0.5, 0.6) is 5.75 Å². The van der Waals surface area contributed by atoms with E-state index in [1.807, 2.05) is 48.7 Å². The highest BCUT2D eigenvalue weighted by Gasteiger charge is 2.49. The van der Waals surface area contributed by atoms with Crippen molar-refractivity contribution in [1.82, 2.24) is 5.32 Å². The molecule has 2 aromatic rings. The summed E-state index contributed by atoms with van der Waals surface area (Å²) in [5.41, 5.74) is -0.411. The van der Waals surface area contributed by atoms with Crippen LogP contribution >= 0.6 is 11.3 Å². The van der Waals surface area contributed by atoms with Crippen molar-refractivity contribution in [2.24, 2.45) is 5.92 Å². The lowest BCUT2D eigenvalue weighted by atomic mass is 9.77. The summed E-state index contributed by atoms with van der Waals surface area (Å²) in [6.45, 7) is 2.83. The van der Waals surface area contributed by atoms with Crippen molar-refractivity contribution >= 4 is 17.3 Å². The van der Waals surface area contributed by atoms with Crippen LogP contribution in [-0.2, 0) is 16.9 Å². The summed E-state index contributed by atoms with van der Waals surface area (Å²) in [6, 6.07) is 11.3. The molecule has 2 N–H and O–H groups in total. The van der Waals surface area contributed by atoms with E-state index in [-0.39, 0.29) is 5.92 Å². The van der Waals surface area contributed by atoms with Crippen molar-refractivity contribution in [3.05, 3.63) is 52.2 Å². The molecule has 0 fully saturated rings. The highest BCUT2D eigenvalue weighted by Crippen LogP contribution is 2.40. The Morgan fingerprint density at radius 2 is 2.24 bits per heavy atom.